The summed E-state index contributed by atoms with van der Waals surface area (Å²) in [4.78, 5) is 4.36. The molecule has 0 fully saturated rings. The molecular formula is C16H22FN3O. The van der Waals surface area contributed by atoms with Crippen LogP contribution in [0.2, 0.25) is 0 Å². The maximum Gasteiger partial charge on any atom is 0.231 e. The van der Waals surface area contributed by atoms with Gasteiger partial charge in [0, 0.05) is 6.04 Å². The molecule has 2 unspecified atom stereocenters. The highest BCUT2D eigenvalue weighted by Gasteiger charge is 2.23. The van der Waals surface area contributed by atoms with Gasteiger partial charge in [0.2, 0.25) is 11.7 Å². The number of hydrogen-bond donors (Lipinski definition) is 1. The minimum Gasteiger partial charge on any atom is -0.339 e. The third-order valence-electron chi connectivity index (χ3n) is 3.65. The predicted molar refractivity (Wildman–Crippen MR) is 80.5 cm³/mol. The van der Waals surface area contributed by atoms with E-state index >= 15 is 0 Å². The number of benzene rings is 1. The maximum atomic E-state index is 13.7. The van der Waals surface area contributed by atoms with Crippen molar-refractivity contribution in [3.8, 4) is 11.4 Å². The smallest absolute Gasteiger partial charge is 0.231 e. The first-order chi connectivity index (χ1) is 10.2. The minimum atomic E-state index is -0.339. The van der Waals surface area contributed by atoms with Gasteiger partial charge in [0.15, 0.2) is 0 Å². The van der Waals surface area contributed by atoms with Gasteiger partial charge >= 0.3 is 0 Å². The summed E-state index contributed by atoms with van der Waals surface area (Å²) < 4.78 is 19.1. The molecule has 1 aromatic heterocycles. The topological polar surface area (TPSA) is 51.0 Å². The van der Waals surface area contributed by atoms with E-state index in [0.717, 1.165) is 19.4 Å². The lowest BCUT2D eigenvalue weighted by Crippen LogP contribution is -2.33. The van der Waals surface area contributed by atoms with Crippen LogP contribution in [0.5, 0.6) is 0 Å². The summed E-state index contributed by atoms with van der Waals surface area (Å²) in [6.45, 7) is 7.26. The molecule has 0 aliphatic heterocycles. The van der Waals surface area contributed by atoms with E-state index in [-0.39, 0.29) is 17.8 Å². The van der Waals surface area contributed by atoms with Crippen molar-refractivity contribution >= 4 is 0 Å². The highest BCUT2D eigenvalue weighted by molar-refractivity contribution is 5.54. The van der Waals surface area contributed by atoms with Crippen LogP contribution in [0.15, 0.2) is 28.8 Å². The molecule has 21 heavy (non-hydrogen) atoms. The van der Waals surface area contributed by atoms with E-state index in [1.54, 1.807) is 18.2 Å². The normalized spacial score (nSPS) is 14.1. The van der Waals surface area contributed by atoms with Gasteiger partial charge in [0.1, 0.15) is 5.82 Å². The molecule has 0 saturated heterocycles. The van der Waals surface area contributed by atoms with Gasteiger partial charge in [0.05, 0.1) is 11.5 Å². The largest absolute Gasteiger partial charge is 0.339 e. The molecular weight excluding hydrogens is 269 g/mol. The molecule has 0 amide bonds. The van der Waals surface area contributed by atoms with Gasteiger partial charge in [-0.2, -0.15) is 4.98 Å². The molecule has 0 aliphatic rings. The quantitative estimate of drug-likeness (QED) is 0.844. The van der Waals surface area contributed by atoms with Crippen molar-refractivity contribution in [3.63, 3.8) is 0 Å². The molecule has 0 bridgehead atoms. The molecule has 2 rings (SSSR count). The van der Waals surface area contributed by atoms with Crippen LogP contribution >= 0.6 is 0 Å². The lowest BCUT2D eigenvalue weighted by atomic mass is 9.99. The fourth-order valence-electron chi connectivity index (χ4n) is 2.35. The van der Waals surface area contributed by atoms with E-state index in [1.165, 1.54) is 6.07 Å². The van der Waals surface area contributed by atoms with E-state index < -0.39 is 0 Å². The van der Waals surface area contributed by atoms with E-state index in [2.05, 4.69) is 36.2 Å². The Morgan fingerprint density at radius 3 is 2.71 bits per heavy atom. The van der Waals surface area contributed by atoms with Crippen molar-refractivity contribution in [3.05, 3.63) is 36.0 Å². The Morgan fingerprint density at radius 2 is 2.05 bits per heavy atom. The van der Waals surface area contributed by atoms with Gasteiger partial charge in [-0.1, -0.05) is 38.1 Å². The summed E-state index contributed by atoms with van der Waals surface area (Å²) >= 11 is 0. The first-order valence-electron chi connectivity index (χ1n) is 7.49. The highest BCUT2D eigenvalue weighted by Crippen LogP contribution is 2.24. The SMILES string of the molecule is CCCNC(CC)C(C)c1nc(-c2ccccc2F)no1. The van der Waals surface area contributed by atoms with Gasteiger partial charge in [-0.15, -0.1) is 0 Å². The van der Waals surface area contributed by atoms with Gasteiger partial charge in [-0.05, 0) is 31.5 Å². The molecule has 0 spiro atoms. The van der Waals surface area contributed by atoms with Gasteiger partial charge in [-0.3, -0.25) is 0 Å². The van der Waals surface area contributed by atoms with Crippen LogP contribution in [0.1, 0.15) is 45.4 Å². The molecule has 1 heterocycles. The van der Waals surface area contributed by atoms with Crippen LogP contribution in [-0.4, -0.2) is 22.7 Å². The van der Waals surface area contributed by atoms with Crippen LogP contribution in [0.3, 0.4) is 0 Å². The first kappa shape index (κ1) is 15.6. The Hall–Kier alpha value is -1.75. The molecule has 2 atom stereocenters. The molecule has 1 aromatic carbocycles. The van der Waals surface area contributed by atoms with Gasteiger partial charge < -0.3 is 9.84 Å². The standard InChI is InChI=1S/C16H22FN3O/c1-4-10-18-14(5-2)11(3)16-19-15(20-21-16)12-8-6-7-9-13(12)17/h6-9,11,14,18H,4-5,10H2,1-3H3. The van der Waals surface area contributed by atoms with Crippen molar-refractivity contribution in [1.29, 1.82) is 0 Å². The fraction of sp³-hybridized carbons (Fsp3) is 0.500. The predicted octanol–water partition coefficient (Wildman–Crippen LogP) is 3.76. The summed E-state index contributed by atoms with van der Waals surface area (Å²) in [5.41, 5.74) is 0.370. The monoisotopic (exact) mass is 291 g/mol. The minimum absolute atomic E-state index is 0.0922. The molecule has 5 heteroatoms. The average Bonchev–Trinajstić information content (AvgIpc) is 2.98. The van der Waals surface area contributed by atoms with Crippen molar-refractivity contribution < 1.29 is 8.91 Å². The van der Waals surface area contributed by atoms with Crippen molar-refractivity contribution in [1.82, 2.24) is 15.5 Å². The second-order valence-electron chi connectivity index (χ2n) is 5.19. The lowest BCUT2D eigenvalue weighted by molar-refractivity contribution is 0.319. The van der Waals surface area contributed by atoms with E-state index in [9.17, 15) is 4.39 Å². The fourth-order valence-corrected chi connectivity index (χ4v) is 2.35. The summed E-state index contributed by atoms with van der Waals surface area (Å²) in [5.74, 6) is 0.604. The number of halogens is 1. The first-order valence-corrected chi connectivity index (χ1v) is 7.49. The highest BCUT2D eigenvalue weighted by atomic mass is 19.1. The van der Waals surface area contributed by atoms with Crippen molar-refractivity contribution in [2.24, 2.45) is 0 Å². The summed E-state index contributed by atoms with van der Waals surface area (Å²) in [5, 5.41) is 7.39. The zero-order valence-electron chi connectivity index (χ0n) is 12.8. The molecule has 114 valence electrons. The molecule has 0 aliphatic carbocycles. The molecule has 2 aromatic rings. The molecule has 0 radical (unpaired) electrons. The Kier molecular flexibility index (Phi) is 5.44. The number of aromatic nitrogens is 2. The lowest BCUT2D eigenvalue weighted by Gasteiger charge is -2.20. The van der Waals surface area contributed by atoms with E-state index in [1.807, 2.05) is 0 Å². The third kappa shape index (κ3) is 3.67. The van der Waals surface area contributed by atoms with Crippen LogP contribution in [-0.2, 0) is 0 Å². The van der Waals surface area contributed by atoms with Gasteiger partial charge in [0.25, 0.3) is 0 Å². The Morgan fingerprint density at radius 1 is 1.29 bits per heavy atom. The number of nitrogens with zero attached hydrogens (tertiary/aromatic N) is 2. The second kappa shape index (κ2) is 7.31. The Bertz CT molecular complexity index is 570. The molecule has 1 N–H and O–H groups in total. The third-order valence-corrected chi connectivity index (χ3v) is 3.65. The van der Waals surface area contributed by atoms with Crippen molar-refractivity contribution in [2.45, 2.75) is 45.6 Å². The molecule has 0 saturated carbocycles. The van der Waals surface area contributed by atoms with E-state index in [0.29, 0.717) is 17.3 Å². The van der Waals surface area contributed by atoms with Gasteiger partial charge in [-0.25, -0.2) is 4.39 Å². The van der Waals surface area contributed by atoms with Crippen LogP contribution in [0.25, 0.3) is 11.4 Å². The van der Waals surface area contributed by atoms with Crippen molar-refractivity contribution in [2.75, 3.05) is 6.54 Å². The summed E-state index contributed by atoms with van der Waals surface area (Å²) in [7, 11) is 0. The zero-order chi connectivity index (χ0) is 15.2. The number of rotatable bonds is 7. The summed E-state index contributed by atoms with van der Waals surface area (Å²) in [6, 6.07) is 6.73. The van der Waals surface area contributed by atoms with Crippen LogP contribution < -0.4 is 5.32 Å². The van der Waals surface area contributed by atoms with Crippen LogP contribution in [0, 0.1) is 5.82 Å². The van der Waals surface area contributed by atoms with E-state index in [4.69, 9.17) is 4.52 Å². The second-order valence-corrected chi connectivity index (χ2v) is 5.19. The Labute approximate surface area is 124 Å². The molecule has 4 nitrogen and oxygen atoms in total. The Balaban J connectivity index is 2.17. The maximum absolute atomic E-state index is 13.7. The average molecular weight is 291 g/mol. The zero-order valence-corrected chi connectivity index (χ0v) is 12.8. The summed E-state index contributed by atoms with van der Waals surface area (Å²) in [6.07, 6.45) is 2.05. The van der Waals surface area contributed by atoms with Crippen LogP contribution in [0.4, 0.5) is 4.39 Å². The number of nitrogens with one attached hydrogen (secondary N) is 1. The number of hydrogen-bond acceptors (Lipinski definition) is 4.